The predicted octanol–water partition coefficient (Wildman–Crippen LogP) is 5.52. The van der Waals surface area contributed by atoms with Crippen LogP contribution in [0.2, 0.25) is 10.0 Å². The Morgan fingerprint density at radius 3 is 2.46 bits per heavy atom. The number of ether oxygens (including phenoxy) is 2. The van der Waals surface area contributed by atoms with Crippen LogP contribution in [0.15, 0.2) is 36.4 Å². The third-order valence-electron chi connectivity index (χ3n) is 7.49. The normalized spacial score (nSPS) is 15.8. The average molecular weight is 627 g/mol. The molecule has 2 amide bonds. The monoisotopic (exact) mass is 625 g/mol. The Labute approximate surface area is 252 Å². The molecule has 2 aromatic carbocycles. The van der Waals surface area contributed by atoms with E-state index >= 15 is 0 Å². The van der Waals surface area contributed by atoms with Crippen molar-refractivity contribution in [1.29, 1.82) is 0 Å². The van der Waals surface area contributed by atoms with Gasteiger partial charge in [-0.25, -0.2) is 8.42 Å². The molecule has 41 heavy (non-hydrogen) atoms. The quantitative estimate of drug-likeness (QED) is 0.333. The van der Waals surface area contributed by atoms with Gasteiger partial charge in [-0.15, -0.1) is 0 Å². The summed E-state index contributed by atoms with van der Waals surface area (Å²) in [5.74, 6) is 0.566. The van der Waals surface area contributed by atoms with Crippen molar-refractivity contribution >= 4 is 50.7 Å². The molecule has 1 saturated carbocycles. The van der Waals surface area contributed by atoms with Crippen LogP contribution >= 0.6 is 23.2 Å². The Balaban J connectivity index is 1.50. The molecule has 0 radical (unpaired) electrons. The summed E-state index contributed by atoms with van der Waals surface area (Å²) in [5, 5.41) is 4.04. The zero-order valence-electron chi connectivity index (χ0n) is 23.4. The number of sulfonamides is 1. The summed E-state index contributed by atoms with van der Waals surface area (Å²) in [6.45, 7) is 2.15. The van der Waals surface area contributed by atoms with E-state index in [1.807, 2.05) is 6.92 Å². The number of carbonyl (C=O) groups excluding carboxylic acids is 2. The summed E-state index contributed by atoms with van der Waals surface area (Å²) < 4.78 is 37.3. The summed E-state index contributed by atoms with van der Waals surface area (Å²) in [4.78, 5) is 28.7. The second-order valence-electron chi connectivity index (χ2n) is 10.5. The molecule has 4 rings (SSSR count). The van der Waals surface area contributed by atoms with Gasteiger partial charge in [0.25, 0.3) is 0 Å². The molecule has 0 saturated heterocycles. The number of nitrogens with zero attached hydrogens (tertiary/aromatic N) is 2. The second kappa shape index (κ2) is 14.0. The second-order valence-corrected chi connectivity index (χ2v) is 13.3. The van der Waals surface area contributed by atoms with E-state index in [-0.39, 0.29) is 50.6 Å². The lowest BCUT2D eigenvalue weighted by Gasteiger charge is -2.33. The average Bonchev–Trinajstić information content (AvgIpc) is 3.40. The molecule has 1 aliphatic heterocycles. The molecular formula is C29H37Cl2N3O6S. The molecular weight excluding hydrogens is 589 g/mol. The molecule has 1 atom stereocenters. The molecule has 9 nitrogen and oxygen atoms in total. The van der Waals surface area contributed by atoms with Crippen molar-refractivity contribution in [3.63, 3.8) is 0 Å². The van der Waals surface area contributed by atoms with E-state index in [1.54, 1.807) is 41.3 Å². The van der Waals surface area contributed by atoms with Crippen LogP contribution in [0.25, 0.3) is 0 Å². The minimum absolute atomic E-state index is 0.0367. The fourth-order valence-electron chi connectivity index (χ4n) is 5.34. The largest absolute Gasteiger partial charge is 0.454 e. The Kier molecular flexibility index (Phi) is 10.7. The van der Waals surface area contributed by atoms with Gasteiger partial charge in [0.15, 0.2) is 11.5 Å². The first-order valence-corrected chi connectivity index (χ1v) is 16.6. The van der Waals surface area contributed by atoms with E-state index in [9.17, 15) is 18.0 Å². The molecule has 0 bridgehead atoms. The lowest BCUT2D eigenvalue weighted by atomic mass is 9.95. The van der Waals surface area contributed by atoms with Crippen molar-refractivity contribution in [2.75, 3.05) is 23.9 Å². The van der Waals surface area contributed by atoms with Gasteiger partial charge in [0.1, 0.15) is 6.04 Å². The van der Waals surface area contributed by atoms with Gasteiger partial charge in [-0.1, -0.05) is 55.5 Å². The van der Waals surface area contributed by atoms with Gasteiger partial charge in [0.2, 0.25) is 28.6 Å². The van der Waals surface area contributed by atoms with Gasteiger partial charge < -0.3 is 19.7 Å². The maximum absolute atomic E-state index is 13.7. The highest BCUT2D eigenvalue weighted by molar-refractivity contribution is 7.92. The molecule has 0 aromatic heterocycles. The molecule has 12 heteroatoms. The number of amides is 2. The van der Waals surface area contributed by atoms with Crippen LogP contribution in [-0.4, -0.2) is 56.8 Å². The summed E-state index contributed by atoms with van der Waals surface area (Å²) in [6.07, 6.45) is 7.00. The summed E-state index contributed by atoms with van der Waals surface area (Å²) in [7, 11) is -3.64. The van der Waals surface area contributed by atoms with Gasteiger partial charge >= 0.3 is 0 Å². The van der Waals surface area contributed by atoms with Gasteiger partial charge in [-0.3, -0.25) is 13.9 Å². The fraction of sp³-hybridized carbons (Fsp3) is 0.517. The number of hydrogen-bond acceptors (Lipinski definition) is 6. The van der Waals surface area contributed by atoms with Gasteiger partial charge in [0.05, 0.1) is 11.9 Å². The van der Waals surface area contributed by atoms with Crippen LogP contribution in [-0.2, 0) is 26.2 Å². The van der Waals surface area contributed by atoms with E-state index < -0.39 is 16.1 Å². The smallest absolute Gasteiger partial charge is 0.243 e. The van der Waals surface area contributed by atoms with Crippen molar-refractivity contribution in [2.45, 2.75) is 76.9 Å². The number of benzene rings is 2. The van der Waals surface area contributed by atoms with Crippen molar-refractivity contribution in [3.05, 3.63) is 52.0 Å². The standard InChI is InChI=1S/C29H37Cl2N3O6S/c1-3-25(29(36)32-22-8-5-4-6-9-22)33(18-20-11-12-21(30)16-24(20)31)28(35)10-7-15-34(41(2,37)38)23-13-14-26-27(17-23)40-19-39-26/h11-14,16-17,22,25H,3-10,15,18-19H2,1-2H3,(H,32,36)/t25-/m0/s1. The minimum atomic E-state index is -3.64. The van der Waals surface area contributed by atoms with Crippen LogP contribution in [0.5, 0.6) is 11.5 Å². The number of hydrogen-bond donors (Lipinski definition) is 1. The lowest BCUT2D eigenvalue weighted by Crippen LogP contribution is -2.51. The van der Waals surface area contributed by atoms with E-state index in [4.69, 9.17) is 32.7 Å². The maximum Gasteiger partial charge on any atom is 0.243 e. The van der Waals surface area contributed by atoms with Crippen molar-refractivity contribution in [1.82, 2.24) is 10.2 Å². The molecule has 224 valence electrons. The molecule has 1 heterocycles. The van der Waals surface area contributed by atoms with Gasteiger partial charge in [-0.05, 0) is 55.5 Å². The SMILES string of the molecule is CC[C@@H](C(=O)NC1CCCCC1)N(Cc1ccc(Cl)cc1Cl)C(=O)CCCN(c1ccc2c(c1)OCO2)S(C)(=O)=O. The molecule has 1 fully saturated rings. The van der Waals surface area contributed by atoms with Crippen LogP contribution in [0.3, 0.4) is 0 Å². The first kappa shape index (κ1) is 31.3. The zero-order chi connectivity index (χ0) is 29.6. The Morgan fingerprint density at radius 1 is 1.05 bits per heavy atom. The summed E-state index contributed by atoms with van der Waals surface area (Å²) in [5.41, 5.74) is 1.10. The van der Waals surface area contributed by atoms with E-state index in [1.165, 1.54) is 10.7 Å². The van der Waals surface area contributed by atoms with E-state index in [0.29, 0.717) is 39.2 Å². The van der Waals surface area contributed by atoms with Crippen molar-refractivity contribution < 1.29 is 27.5 Å². The third kappa shape index (κ3) is 8.20. The van der Waals surface area contributed by atoms with Gasteiger partial charge in [0, 0.05) is 41.7 Å². The maximum atomic E-state index is 13.7. The minimum Gasteiger partial charge on any atom is -0.454 e. The fourth-order valence-corrected chi connectivity index (χ4v) is 6.77. The first-order chi connectivity index (χ1) is 19.6. The highest BCUT2D eigenvalue weighted by Crippen LogP contribution is 2.36. The first-order valence-electron chi connectivity index (χ1n) is 14.0. The number of carbonyl (C=O) groups is 2. The molecule has 1 aliphatic carbocycles. The van der Waals surface area contributed by atoms with Crippen LogP contribution in [0, 0.1) is 0 Å². The van der Waals surface area contributed by atoms with E-state index in [2.05, 4.69) is 5.32 Å². The third-order valence-corrected chi connectivity index (χ3v) is 9.27. The molecule has 0 spiro atoms. The molecule has 0 unspecified atom stereocenters. The van der Waals surface area contributed by atoms with Crippen molar-refractivity contribution in [2.24, 2.45) is 0 Å². The van der Waals surface area contributed by atoms with Gasteiger partial charge in [-0.2, -0.15) is 0 Å². The number of anilines is 1. The topological polar surface area (TPSA) is 105 Å². The number of nitrogens with one attached hydrogen (secondary N) is 1. The Bertz CT molecular complexity index is 1350. The summed E-state index contributed by atoms with van der Waals surface area (Å²) in [6, 6.07) is 9.39. The molecule has 1 N–H and O–H groups in total. The lowest BCUT2D eigenvalue weighted by molar-refractivity contribution is -0.141. The molecule has 2 aliphatic rings. The number of rotatable bonds is 12. The molecule has 2 aromatic rings. The Morgan fingerprint density at radius 2 is 1.78 bits per heavy atom. The zero-order valence-corrected chi connectivity index (χ0v) is 25.7. The highest BCUT2D eigenvalue weighted by Gasteiger charge is 2.31. The Hall–Kier alpha value is -2.69. The van der Waals surface area contributed by atoms with Crippen LogP contribution in [0.4, 0.5) is 5.69 Å². The number of fused-ring (bicyclic) bond motifs is 1. The highest BCUT2D eigenvalue weighted by atomic mass is 35.5. The predicted molar refractivity (Wildman–Crippen MR) is 160 cm³/mol. The van der Waals surface area contributed by atoms with Crippen LogP contribution in [0.1, 0.15) is 63.9 Å². The number of halogens is 2. The van der Waals surface area contributed by atoms with E-state index in [0.717, 1.165) is 31.9 Å². The van der Waals surface area contributed by atoms with Crippen molar-refractivity contribution in [3.8, 4) is 11.5 Å². The van der Waals surface area contributed by atoms with Crippen LogP contribution < -0.4 is 19.1 Å². The summed E-state index contributed by atoms with van der Waals surface area (Å²) >= 11 is 12.5.